The van der Waals surface area contributed by atoms with Crippen molar-refractivity contribution in [3.8, 4) is 5.69 Å². The normalized spacial score (nSPS) is 10.6. The number of aryl methyl sites for hydroxylation is 1. The minimum absolute atomic E-state index is 0.365. The van der Waals surface area contributed by atoms with Crippen LogP contribution in [-0.4, -0.2) is 14.8 Å². The molecule has 5 heteroatoms. The van der Waals surface area contributed by atoms with Crippen molar-refractivity contribution in [2.24, 2.45) is 5.73 Å². The fourth-order valence-electron chi connectivity index (χ4n) is 1.38. The summed E-state index contributed by atoms with van der Waals surface area (Å²) in [6, 6.07) is 7.40. The molecule has 1 aromatic heterocycles. The van der Waals surface area contributed by atoms with Crippen molar-refractivity contribution in [1.29, 1.82) is 0 Å². The number of hydrogen-bond acceptors (Lipinski definition) is 3. The molecule has 0 spiro atoms. The van der Waals surface area contributed by atoms with E-state index >= 15 is 0 Å². The van der Waals surface area contributed by atoms with Gasteiger partial charge < -0.3 is 5.73 Å². The van der Waals surface area contributed by atoms with Crippen LogP contribution in [-0.2, 0) is 6.54 Å². The molecule has 0 aliphatic heterocycles. The molecular weight excluding hydrogens is 212 g/mol. The molecule has 1 heterocycles. The van der Waals surface area contributed by atoms with Gasteiger partial charge in [0.2, 0.25) is 0 Å². The molecule has 1 aromatic carbocycles. The van der Waals surface area contributed by atoms with Crippen LogP contribution in [0.3, 0.4) is 0 Å². The fraction of sp³-hybridized carbons (Fsp3) is 0.200. The molecule has 0 unspecified atom stereocenters. The van der Waals surface area contributed by atoms with Crippen LogP contribution in [0.4, 0.5) is 0 Å². The fourth-order valence-corrected chi connectivity index (χ4v) is 1.51. The SMILES string of the molecule is Cc1nc(CN)n(-c2ccc(Cl)cc2)n1. The van der Waals surface area contributed by atoms with E-state index in [0.29, 0.717) is 17.4 Å². The maximum atomic E-state index is 5.81. The van der Waals surface area contributed by atoms with Gasteiger partial charge in [-0.1, -0.05) is 11.6 Å². The summed E-state index contributed by atoms with van der Waals surface area (Å²) in [6.45, 7) is 2.20. The standard InChI is InChI=1S/C10H11ClN4/c1-7-13-10(6-12)15(14-7)9-4-2-8(11)3-5-9/h2-5H,6,12H2,1H3. The summed E-state index contributed by atoms with van der Waals surface area (Å²) in [5.41, 5.74) is 6.50. The van der Waals surface area contributed by atoms with Gasteiger partial charge in [0.1, 0.15) is 11.6 Å². The molecule has 2 N–H and O–H groups in total. The second-order valence-electron chi connectivity index (χ2n) is 3.17. The lowest BCUT2D eigenvalue weighted by atomic mass is 10.3. The first-order valence-corrected chi connectivity index (χ1v) is 4.97. The molecule has 0 fully saturated rings. The summed E-state index contributed by atoms with van der Waals surface area (Å²) >= 11 is 5.81. The van der Waals surface area contributed by atoms with E-state index in [1.807, 2.05) is 31.2 Å². The van der Waals surface area contributed by atoms with Crippen molar-refractivity contribution in [2.45, 2.75) is 13.5 Å². The van der Waals surface area contributed by atoms with Crippen LogP contribution in [0.25, 0.3) is 5.69 Å². The zero-order chi connectivity index (χ0) is 10.8. The van der Waals surface area contributed by atoms with E-state index in [-0.39, 0.29) is 0 Å². The Morgan fingerprint density at radius 1 is 1.33 bits per heavy atom. The summed E-state index contributed by atoms with van der Waals surface area (Å²) in [5, 5.41) is 4.96. The molecule has 2 aromatic rings. The summed E-state index contributed by atoms with van der Waals surface area (Å²) < 4.78 is 1.73. The van der Waals surface area contributed by atoms with Gasteiger partial charge in [0.15, 0.2) is 0 Å². The van der Waals surface area contributed by atoms with Crippen LogP contribution >= 0.6 is 11.6 Å². The van der Waals surface area contributed by atoms with Gasteiger partial charge in [-0.15, -0.1) is 0 Å². The van der Waals surface area contributed by atoms with Crippen molar-refractivity contribution in [3.05, 3.63) is 40.9 Å². The topological polar surface area (TPSA) is 56.7 Å². The van der Waals surface area contributed by atoms with Gasteiger partial charge in [-0.25, -0.2) is 9.67 Å². The lowest BCUT2D eigenvalue weighted by Gasteiger charge is -2.03. The number of nitrogens with zero attached hydrogens (tertiary/aromatic N) is 3. The van der Waals surface area contributed by atoms with Crippen molar-refractivity contribution < 1.29 is 0 Å². The minimum atomic E-state index is 0.365. The Hall–Kier alpha value is -1.39. The van der Waals surface area contributed by atoms with Crippen molar-refractivity contribution in [2.75, 3.05) is 0 Å². The summed E-state index contributed by atoms with van der Waals surface area (Å²) in [6.07, 6.45) is 0. The molecule has 0 saturated heterocycles. The highest BCUT2D eigenvalue weighted by atomic mass is 35.5. The van der Waals surface area contributed by atoms with Crippen LogP contribution in [0.15, 0.2) is 24.3 Å². The van der Waals surface area contributed by atoms with E-state index in [0.717, 1.165) is 11.5 Å². The third-order valence-corrected chi connectivity index (χ3v) is 2.29. The minimum Gasteiger partial charge on any atom is -0.324 e. The first kappa shape index (κ1) is 10.1. The summed E-state index contributed by atoms with van der Waals surface area (Å²) in [4.78, 5) is 4.22. The number of rotatable bonds is 2. The first-order valence-electron chi connectivity index (χ1n) is 4.59. The van der Waals surface area contributed by atoms with E-state index in [9.17, 15) is 0 Å². The number of hydrogen-bond donors (Lipinski definition) is 1. The maximum Gasteiger partial charge on any atom is 0.148 e. The molecule has 15 heavy (non-hydrogen) atoms. The van der Waals surface area contributed by atoms with Gasteiger partial charge in [0, 0.05) is 5.02 Å². The molecule has 4 nitrogen and oxygen atoms in total. The molecule has 0 radical (unpaired) electrons. The van der Waals surface area contributed by atoms with E-state index < -0.39 is 0 Å². The predicted octanol–water partition coefficient (Wildman–Crippen LogP) is 1.69. The van der Waals surface area contributed by atoms with Crippen molar-refractivity contribution in [1.82, 2.24) is 14.8 Å². The van der Waals surface area contributed by atoms with Crippen LogP contribution in [0.5, 0.6) is 0 Å². The predicted molar refractivity (Wildman–Crippen MR) is 59.0 cm³/mol. The lowest BCUT2D eigenvalue weighted by Crippen LogP contribution is -2.07. The molecule has 78 valence electrons. The van der Waals surface area contributed by atoms with Crippen molar-refractivity contribution >= 4 is 11.6 Å². The Morgan fingerprint density at radius 2 is 2.00 bits per heavy atom. The Balaban J connectivity index is 2.48. The van der Waals surface area contributed by atoms with Gasteiger partial charge in [0.25, 0.3) is 0 Å². The highest BCUT2D eigenvalue weighted by Crippen LogP contribution is 2.14. The average molecular weight is 223 g/mol. The number of aromatic nitrogens is 3. The lowest BCUT2D eigenvalue weighted by molar-refractivity contribution is 0.786. The molecule has 0 saturated carbocycles. The third-order valence-electron chi connectivity index (χ3n) is 2.03. The second kappa shape index (κ2) is 4.00. The largest absolute Gasteiger partial charge is 0.324 e. The number of nitrogens with two attached hydrogens (primary N) is 1. The Labute approximate surface area is 92.7 Å². The van der Waals surface area contributed by atoms with Crippen LogP contribution in [0.2, 0.25) is 5.02 Å². The quantitative estimate of drug-likeness (QED) is 0.841. The van der Waals surface area contributed by atoms with Gasteiger partial charge >= 0.3 is 0 Å². The molecule has 0 aliphatic carbocycles. The molecule has 2 rings (SSSR count). The molecule has 0 atom stereocenters. The van der Waals surface area contributed by atoms with Crippen molar-refractivity contribution in [3.63, 3.8) is 0 Å². The third kappa shape index (κ3) is 2.00. The zero-order valence-corrected chi connectivity index (χ0v) is 9.07. The van der Waals surface area contributed by atoms with E-state index in [2.05, 4.69) is 10.1 Å². The van der Waals surface area contributed by atoms with Gasteiger partial charge in [0.05, 0.1) is 12.2 Å². The Bertz CT molecular complexity index is 461. The monoisotopic (exact) mass is 222 g/mol. The maximum absolute atomic E-state index is 5.81. The highest BCUT2D eigenvalue weighted by Gasteiger charge is 2.06. The second-order valence-corrected chi connectivity index (χ2v) is 3.60. The van der Waals surface area contributed by atoms with E-state index in [1.54, 1.807) is 4.68 Å². The summed E-state index contributed by atoms with van der Waals surface area (Å²) in [7, 11) is 0. The highest BCUT2D eigenvalue weighted by molar-refractivity contribution is 6.30. The van der Waals surface area contributed by atoms with Gasteiger partial charge in [-0.2, -0.15) is 5.10 Å². The van der Waals surface area contributed by atoms with Crippen LogP contribution < -0.4 is 5.73 Å². The summed E-state index contributed by atoms with van der Waals surface area (Å²) in [5.74, 6) is 1.46. The van der Waals surface area contributed by atoms with Gasteiger partial charge in [-0.05, 0) is 31.2 Å². The number of benzene rings is 1. The molecule has 0 bridgehead atoms. The first-order chi connectivity index (χ1) is 7.20. The molecular formula is C10H11ClN4. The smallest absolute Gasteiger partial charge is 0.148 e. The van der Waals surface area contributed by atoms with Crippen LogP contribution in [0, 0.1) is 6.92 Å². The number of halogens is 1. The molecule has 0 amide bonds. The Kier molecular flexibility index (Phi) is 2.70. The zero-order valence-electron chi connectivity index (χ0n) is 8.31. The van der Waals surface area contributed by atoms with E-state index in [1.165, 1.54) is 0 Å². The molecule has 0 aliphatic rings. The van der Waals surface area contributed by atoms with E-state index in [4.69, 9.17) is 17.3 Å². The van der Waals surface area contributed by atoms with Crippen LogP contribution in [0.1, 0.15) is 11.6 Å². The average Bonchev–Trinajstić information content (AvgIpc) is 2.61. The Morgan fingerprint density at radius 3 is 2.60 bits per heavy atom. The van der Waals surface area contributed by atoms with Gasteiger partial charge in [-0.3, -0.25) is 0 Å².